The van der Waals surface area contributed by atoms with Crippen molar-refractivity contribution in [2.75, 3.05) is 5.75 Å². The largest absolute Gasteiger partial charge is 0.111 e. The highest BCUT2D eigenvalue weighted by Crippen LogP contribution is 2.16. The third-order valence-electron chi connectivity index (χ3n) is 1.98. The number of thiol groups is 1. The molecule has 0 fully saturated rings. The van der Waals surface area contributed by atoms with Crippen LogP contribution in [0.15, 0.2) is 0 Å². The van der Waals surface area contributed by atoms with E-state index in [2.05, 4.69) is 25.5 Å². The average molecular weight is 192 g/mol. The van der Waals surface area contributed by atoms with Gasteiger partial charge in [-0.05, 0) is 18.8 Å². The molecule has 0 heterocycles. The summed E-state index contributed by atoms with van der Waals surface area (Å²) in [5.74, 6) is 2.13. The van der Waals surface area contributed by atoms with Crippen LogP contribution in [0.4, 0.5) is 0 Å². The Morgan fingerprint density at radius 2 is 1.91 bits per heavy atom. The molecule has 0 aliphatic rings. The molecule has 0 radical (unpaired) electrons. The second-order valence-electron chi connectivity index (χ2n) is 3.22. The number of hydrogen-bond acceptors (Lipinski definition) is 2. The van der Waals surface area contributed by atoms with Gasteiger partial charge in [-0.15, -0.1) is 11.7 Å². The first-order valence-corrected chi connectivity index (χ1v) is 6.61. The summed E-state index contributed by atoms with van der Waals surface area (Å²) in [5.41, 5.74) is 0. The van der Waals surface area contributed by atoms with Crippen LogP contribution in [-0.2, 0) is 0 Å². The van der Waals surface area contributed by atoms with E-state index in [4.69, 9.17) is 0 Å². The first kappa shape index (κ1) is 11.7. The molecule has 0 N–H and O–H groups in total. The lowest BCUT2D eigenvalue weighted by molar-refractivity contribution is 0.468. The molecule has 0 aromatic rings. The van der Waals surface area contributed by atoms with Gasteiger partial charge in [0.2, 0.25) is 0 Å². The van der Waals surface area contributed by atoms with Crippen molar-refractivity contribution in [2.45, 2.75) is 46.0 Å². The van der Waals surface area contributed by atoms with Crippen molar-refractivity contribution in [1.29, 1.82) is 0 Å². The molecule has 0 aromatic carbocycles. The van der Waals surface area contributed by atoms with Crippen LogP contribution in [0.2, 0.25) is 0 Å². The number of unbranched alkanes of at least 4 members (excludes halogenated alkanes) is 1. The lowest BCUT2D eigenvalue weighted by Gasteiger charge is -2.08. The van der Waals surface area contributed by atoms with Crippen LogP contribution in [-0.4, -0.2) is 5.75 Å². The van der Waals surface area contributed by atoms with E-state index >= 15 is 0 Å². The zero-order valence-corrected chi connectivity index (χ0v) is 9.39. The molecule has 0 rings (SSSR count). The van der Waals surface area contributed by atoms with Gasteiger partial charge in [0.05, 0.1) is 0 Å². The smallest absolute Gasteiger partial charge is 0.00346 e. The van der Waals surface area contributed by atoms with Gasteiger partial charge in [0, 0.05) is 5.75 Å². The summed E-state index contributed by atoms with van der Waals surface area (Å²) in [4.78, 5) is 0. The molecular weight excluding hydrogens is 172 g/mol. The van der Waals surface area contributed by atoms with Crippen molar-refractivity contribution in [2.24, 2.45) is 5.92 Å². The molecular formula is C9H20S2. The Balaban J connectivity index is 3.02. The summed E-state index contributed by atoms with van der Waals surface area (Å²) in [5, 5.41) is 0. The van der Waals surface area contributed by atoms with Crippen LogP contribution in [0.3, 0.4) is 0 Å². The first-order valence-electron chi connectivity index (χ1n) is 4.57. The molecule has 2 heteroatoms. The van der Waals surface area contributed by atoms with Crippen molar-refractivity contribution in [3.05, 3.63) is 0 Å². The van der Waals surface area contributed by atoms with Gasteiger partial charge >= 0.3 is 0 Å². The fraction of sp³-hybridized carbons (Fsp3) is 1.00. The van der Waals surface area contributed by atoms with Crippen molar-refractivity contribution in [3.63, 3.8) is 0 Å². The van der Waals surface area contributed by atoms with Gasteiger partial charge in [0.1, 0.15) is 0 Å². The third-order valence-corrected chi connectivity index (χ3v) is 3.00. The highest BCUT2D eigenvalue weighted by atomic mass is 33.1. The van der Waals surface area contributed by atoms with E-state index in [0.717, 1.165) is 5.92 Å². The summed E-state index contributed by atoms with van der Waals surface area (Å²) < 4.78 is 0. The maximum Gasteiger partial charge on any atom is 0.00346 e. The second kappa shape index (κ2) is 8.79. The lowest BCUT2D eigenvalue weighted by atomic mass is 10.00. The molecule has 0 bridgehead atoms. The van der Waals surface area contributed by atoms with E-state index < -0.39 is 0 Å². The van der Waals surface area contributed by atoms with Crippen LogP contribution in [0.5, 0.6) is 0 Å². The van der Waals surface area contributed by atoms with E-state index in [1.165, 1.54) is 37.9 Å². The Hall–Kier alpha value is 0.700. The highest BCUT2D eigenvalue weighted by Gasteiger charge is 1.99. The molecule has 68 valence electrons. The Kier molecular flexibility index (Phi) is 9.35. The quantitative estimate of drug-likeness (QED) is 0.359. The minimum Gasteiger partial charge on any atom is -0.111 e. The molecule has 1 unspecified atom stereocenters. The molecule has 0 spiro atoms. The van der Waals surface area contributed by atoms with Crippen molar-refractivity contribution in [1.82, 2.24) is 0 Å². The van der Waals surface area contributed by atoms with Gasteiger partial charge in [-0.2, -0.15) is 0 Å². The molecule has 0 aliphatic heterocycles. The SMILES string of the molecule is CCCCC(C)CCCSS. The maximum absolute atomic E-state index is 4.11. The van der Waals surface area contributed by atoms with Gasteiger partial charge < -0.3 is 0 Å². The number of rotatable bonds is 7. The standard InChI is InChI=1S/C9H20S2/c1-3-4-6-9(2)7-5-8-11-10/h9-10H,3-8H2,1-2H3. The monoisotopic (exact) mass is 192 g/mol. The van der Waals surface area contributed by atoms with Gasteiger partial charge in [0.15, 0.2) is 0 Å². The summed E-state index contributed by atoms with van der Waals surface area (Å²) in [6.45, 7) is 4.62. The summed E-state index contributed by atoms with van der Waals surface area (Å²) in [6.07, 6.45) is 6.86. The summed E-state index contributed by atoms with van der Waals surface area (Å²) >= 11 is 4.11. The van der Waals surface area contributed by atoms with Gasteiger partial charge in [-0.3, -0.25) is 0 Å². The van der Waals surface area contributed by atoms with Crippen LogP contribution < -0.4 is 0 Å². The second-order valence-corrected chi connectivity index (χ2v) is 4.66. The normalized spacial score (nSPS) is 13.4. The average Bonchev–Trinajstić information content (AvgIpc) is 2.01. The molecule has 0 nitrogen and oxygen atoms in total. The van der Waals surface area contributed by atoms with E-state index in [0.29, 0.717) is 0 Å². The van der Waals surface area contributed by atoms with Gasteiger partial charge in [-0.1, -0.05) is 43.9 Å². The Morgan fingerprint density at radius 1 is 1.27 bits per heavy atom. The first-order chi connectivity index (χ1) is 5.31. The molecule has 11 heavy (non-hydrogen) atoms. The van der Waals surface area contributed by atoms with Crippen LogP contribution in [0, 0.1) is 5.92 Å². The van der Waals surface area contributed by atoms with Crippen molar-refractivity contribution < 1.29 is 0 Å². The van der Waals surface area contributed by atoms with Crippen LogP contribution in [0.25, 0.3) is 0 Å². The number of hydrogen-bond donors (Lipinski definition) is 1. The molecule has 1 atom stereocenters. The Morgan fingerprint density at radius 3 is 2.45 bits per heavy atom. The van der Waals surface area contributed by atoms with Crippen LogP contribution in [0.1, 0.15) is 46.0 Å². The molecule has 0 amide bonds. The van der Waals surface area contributed by atoms with E-state index in [9.17, 15) is 0 Å². The maximum atomic E-state index is 4.11. The highest BCUT2D eigenvalue weighted by molar-refractivity contribution is 8.68. The lowest BCUT2D eigenvalue weighted by Crippen LogP contribution is -1.94. The van der Waals surface area contributed by atoms with E-state index in [1.54, 1.807) is 10.8 Å². The molecule has 0 saturated heterocycles. The Bertz CT molecular complexity index is 74.0. The van der Waals surface area contributed by atoms with Crippen LogP contribution >= 0.6 is 22.5 Å². The van der Waals surface area contributed by atoms with Crippen molar-refractivity contribution >= 4 is 22.5 Å². The molecule has 0 aromatic heterocycles. The van der Waals surface area contributed by atoms with E-state index in [-0.39, 0.29) is 0 Å². The van der Waals surface area contributed by atoms with Crippen molar-refractivity contribution in [3.8, 4) is 0 Å². The summed E-state index contributed by atoms with van der Waals surface area (Å²) in [7, 11) is 1.66. The van der Waals surface area contributed by atoms with E-state index in [1.807, 2.05) is 0 Å². The topological polar surface area (TPSA) is 0 Å². The minimum absolute atomic E-state index is 0.926. The molecule has 0 aliphatic carbocycles. The third kappa shape index (κ3) is 8.61. The Labute approximate surface area is 80.3 Å². The molecule has 0 saturated carbocycles. The minimum atomic E-state index is 0.926. The predicted molar refractivity (Wildman–Crippen MR) is 59.4 cm³/mol. The summed E-state index contributed by atoms with van der Waals surface area (Å²) in [6, 6.07) is 0. The predicted octanol–water partition coefficient (Wildman–Crippen LogP) is 4.17. The van der Waals surface area contributed by atoms with Gasteiger partial charge in [-0.25, -0.2) is 0 Å². The van der Waals surface area contributed by atoms with Gasteiger partial charge in [0.25, 0.3) is 0 Å². The zero-order chi connectivity index (χ0) is 8.53. The fourth-order valence-electron chi connectivity index (χ4n) is 1.19. The zero-order valence-electron chi connectivity index (χ0n) is 7.68. The fourth-order valence-corrected chi connectivity index (χ4v) is 1.88.